The van der Waals surface area contributed by atoms with Gasteiger partial charge in [-0.15, -0.1) is 0 Å². The molecule has 8 heteroatoms. The van der Waals surface area contributed by atoms with Gasteiger partial charge in [-0.2, -0.15) is 5.10 Å². The molecule has 0 saturated carbocycles. The third kappa shape index (κ3) is 4.71. The van der Waals surface area contributed by atoms with Gasteiger partial charge in [0.15, 0.2) is 0 Å². The van der Waals surface area contributed by atoms with Crippen LogP contribution in [0.15, 0.2) is 72.8 Å². The minimum Gasteiger partial charge on any atom is -0.360 e. The molecule has 0 spiro atoms. The van der Waals surface area contributed by atoms with Gasteiger partial charge in [0, 0.05) is 48.7 Å². The molecule has 5 rings (SSSR count). The van der Waals surface area contributed by atoms with Crippen LogP contribution in [0.5, 0.6) is 0 Å². The zero-order valence-corrected chi connectivity index (χ0v) is 22.3. The number of anilines is 1. The highest BCUT2D eigenvalue weighted by atomic mass is 35.5. The molecule has 1 atom stereocenters. The molecule has 0 aliphatic carbocycles. The predicted octanol–water partition coefficient (Wildman–Crippen LogP) is 6.57. The Morgan fingerprint density at radius 3 is 2.31 bits per heavy atom. The Balaban J connectivity index is 1.49. The Morgan fingerprint density at radius 2 is 1.61 bits per heavy atom. The zero-order valence-electron chi connectivity index (χ0n) is 20.0. The predicted molar refractivity (Wildman–Crippen MR) is 146 cm³/mol. The van der Waals surface area contributed by atoms with Crippen molar-refractivity contribution in [2.24, 2.45) is 0 Å². The average Bonchev–Trinajstić information content (AvgIpc) is 3.18. The van der Waals surface area contributed by atoms with E-state index in [0.717, 1.165) is 28.3 Å². The lowest BCUT2D eigenvalue weighted by Gasteiger charge is -2.43. The van der Waals surface area contributed by atoms with Crippen molar-refractivity contribution in [2.75, 3.05) is 24.5 Å². The van der Waals surface area contributed by atoms with E-state index in [-0.39, 0.29) is 11.9 Å². The summed E-state index contributed by atoms with van der Waals surface area (Å²) in [6.07, 6.45) is 0. The van der Waals surface area contributed by atoms with Gasteiger partial charge < -0.3 is 9.80 Å². The van der Waals surface area contributed by atoms with Crippen molar-refractivity contribution in [3.8, 4) is 5.69 Å². The van der Waals surface area contributed by atoms with E-state index < -0.39 is 0 Å². The van der Waals surface area contributed by atoms with Gasteiger partial charge in [-0.3, -0.25) is 4.79 Å². The molecule has 5 nitrogen and oxygen atoms in total. The summed E-state index contributed by atoms with van der Waals surface area (Å²) in [7, 11) is 0. The van der Waals surface area contributed by atoms with Crippen molar-refractivity contribution in [3.05, 3.63) is 110 Å². The summed E-state index contributed by atoms with van der Waals surface area (Å²) in [5.74, 6) is 0.0109. The van der Waals surface area contributed by atoms with E-state index in [4.69, 9.17) is 34.8 Å². The van der Waals surface area contributed by atoms with Crippen molar-refractivity contribution in [1.82, 2.24) is 10.00 Å². The average molecular weight is 541 g/mol. The molecule has 1 aliphatic heterocycles. The molecule has 36 heavy (non-hydrogen) atoms. The van der Waals surface area contributed by atoms with Crippen LogP contribution in [0.25, 0.3) is 5.69 Å². The number of carbonyl (C=O) groups excluding carboxylic acids is 1. The number of benzene rings is 3. The number of H-pyrrole nitrogens is 1. The number of nitrogens with one attached hydrogen (secondary N) is 1. The van der Waals surface area contributed by atoms with Gasteiger partial charge in [-0.05, 0) is 42.8 Å². The SMILES string of the molecule is Cc1[nH][n+](-c2ccccc2)c(C)c1C(=O)N1CCN(c2ccc(Cl)cc2Cl)C(c2ccc(Cl)cc2)C1. The maximum Gasteiger partial charge on any atom is 0.262 e. The fraction of sp³-hybridized carbons (Fsp3) is 0.214. The van der Waals surface area contributed by atoms with Gasteiger partial charge in [0.2, 0.25) is 11.4 Å². The molecule has 2 heterocycles. The van der Waals surface area contributed by atoms with Crippen molar-refractivity contribution < 1.29 is 9.48 Å². The Bertz CT molecular complexity index is 1400. The Labute approximate surface area is 225 Å². The monoisotopic (exact) mass is 539 g/mol. The number of aromatic amines is 1. The molecule has 1 amide bonds. The minimum absolute atomic E-state index is 0.0109. The molecular formula is C28H26Cl3N4O+. The first-order valence-electron chi connectivity index (χ1n) is 11.8. The number of aromatic nitrogens is 2. The van der Waals surface area contributed by atoms with E-state index in [0.29, 0.717) is 40.3 Å². The van der Waals surface area contributed by atoms with Crippen LogP contribution in [-0.4, -0.2) is 35.5 Å². The maximum absolute atomic E-state index is 13.9. The topological polar surface area (TPSA) is 43.2 Å². The molecule has 0 radical (unpaired) electrons. The van der Waals surface area contributed by atoms with E-state index in [1.165, 1.54) is 0 Å². The number of rotatable bonds is 4. The number of hydrogen-bond donors (Lipinski definition) is 1. The van der Waals surface area contributed by atoms with E-state index >= 15 is 0 Å². The second kappa shape index (κ2) is 10.2. The summed E-state index contributed by atoms with van der Waals surface area (Å²) in [6.45, 7) is 5.62. The number of amides is 1. The summed E-state index contributed by atoms with van der Waals surface area (Å²) < 4.78 is 1.96. The second-order valence-corrected chi connectivity index (χ2v) is 10.3. The number of hydrogen-bond acceptors (Lipinski definition) is 2. The van der Waals surface area contributed by atoms with E-state index in [1.54, 1.807) is 6.07 Å². The number of nitrogens with zero attached hydrogens (tertiary/aromatic N) is 3. The first-order chi connectivity index (χ1) is 17.3. The number of aryl methyl sites for hydroxylation is 1. The van der Waals surface area contributed by atoms with Crippen molar-refractivity contribution in [2.45, 2.75) is 19.9 Å². The Morgan fingerprint density at radius 1 is 0.917 bits per heavy atom. The van der Waals surface area contributed by atoms with Crippen LogP contribution in [0, 0.1) is 13.8 Å². The Hall–Kier alpha value is -2.99. The highest BCUT2D eigenvalue weighted by molar-refractivity contribution is 6.36. The summed E-state index contributed by atoms with van der Waals surface area (Å²) in [5, 5.41) is 5.20. The van der Waals surface area contributed by atoms with Gasteiger partial charge >= 0.3 is 0 Å². The minimum atomic E-state index is -0.0977. The smallest absolute Gasteiger partial charge is 0.262 e. The number of para-hydroxylation sites is 1. The van der Waals surface area contributed by atoms with Crippen molar-refractivity contribution >= 4 is 46.4 Å². The van der Waals surface area contributed by atoms with Gasteiger partial charge in [0.1, 0.15) is 5.56 Å². The zero-order chi connectivity index (χ0) is 25.4. The van der Waals surface area contributed by atoms with Crippen LogP contribution in [0.4, 0.5) is 5.69 Å². The van der Waals surface area contributed by atoms with Crippen LogP contribution >= 0.6 is 34.8 Å². The molecule has 1 aliphatic rings. The largest absolute Gasteiger partial charge is 0.360 e. The number of halogens is 3. The fourth-order valence-corrected chi connectivity index (χ4v) is 5.58. The lowest BCUT2D eigenvalue weighted by atomic mass is 10.00. The van der Waals surface area contributed by atoms with Gasteiger partial charge in [-0.25, -0.2) is 0 Å². The molecule has 0 bridgehead atoms. The molecule has 1 N–H and O–H groups in total. The fourth-order valence-electron chi connectivity index (χ4n) is 4.94. The lowest BCUT2D eigenvalue weighted by Crippen LogP contribution is -2.51. The number of piperazine rings is 1. The second-order valence-electron chi connectivity index (χ2n) is 8.98. The highest BCUT2D eigenvalue weighted by Gasteiger charge is 2.36. The van der Waals surface area contributed by atoms with Crippen molar-refractivity contribution in [3.63, 3.8) is 0 Å². The standard InChI is InChI=1S/C28H25Cl3N4O/c1-18-27(19(2)35(32-18)23-6-4-3-5-7-23)28(36)33-14-15-34(25-13-12-22(30)16-24(25)31)26(17-33)20-8-10-21(29)11-9-20/h3-13,16,26H,14-15,17H2,1-2H3/p+1. The van der Waals surface area contributed by atoms with Crippen LogP contribution < -0.4 is 9.58 Å². The first-order valence-corrected chi connectivity index (χ1v) is 12.9. The molecule has 1 aromatic heterocycles. The molecule has 1 saturated heterocycles. The first kappa shape index (κ1) is 24.7. The third-order valence-corrected chi connectivity index (χ3v) is 7.51. The third-order valence-electron chi connectivity index (χ3n) is 6.72. The van der Waals surface area contributed by atoms with Crippen LogP contribution in [0.3, 0.4) is 0 Å². The molecule has 1 fully saturated rings. The Kier molecular flexibility index (Phi) is 6.98. The molecule has 1 unspecified atom stereocenters. The van der Waals surface area contributed by atoms with E-state index in [9.17, 15) is 4.79 Å². The lowest BCUT2D eigenvalue weighted by molar-refractivity contribution is -0.661. The summed E-state index contributed by atoms with van der Waals surface area (Å²) in [5.41, 5.74) is 5.36. The van der Waals surface area contributed by atoms with Crippen LogP contribution in [-0.2, 0) is 0 Å². The molecule has 184 valence electrons. The van der Waals surface area contributed by atoms with Gasteiger partial charge in [0.05, 0.1) is 22.4 Å². The number of carbonyl (C=O) groups is 1. The normalized spacial score (nSPS) is 15.9. The summed E-state index contributed by atoms with van der Waals surface area (Å²) in [4.78, 5) is 18.1. The van der Waals surface area contributed by atoms with Crippen LogP contribution in [0.2, 0.25) is 15.1 Å². The summed E-state index contributed by atoms with van der Waals surface area (Å²) in [6, 6.07) is 23.2. The van der Waals surface area contributed by atoms with Crippen molar-refractivity contribution in [1.29, 1.82) is 0 Å². The maximum atomic E-state index is 13.9. The molecule has 4 aromatic rings. The highest BCUT2D eigenvalue weighted by Crippen LogP contribution is 2.37. The van der Waals surface area contributed by atoms with E-state index in [2.05, 4.69) is 10.00 Å². The summed E-state index contributed by atoms with van der Waals surface area (Å²) >= 11 is 18.9. The van der Waals surface area contributed by atoms with Crippen LogP contribution in [0.1, 0.15) is 33.4 Å². The molecular weight excluding hydrogens is 515 g/mol. The quantitative estimate of drug-likeness (QED) is 0.297. The van der Waals surface area contributed by atoms with Gasteiger partial charge in [0.25, 0.3) is 5.91 Å². The molecule has 3 aromatic carbocycles. The van der Waals surface area contributed by atoms with Gasteiger partial charge in [-0.1, -0.05) is 69.8 Å². The van der Waals surface area contributed by atoms with E-state index in [1.807, 2.05) is 90.2 Å².